The SMILES string of the molecule is C/C(=N\N=C(/N)c1cnccn1)c1cccs1. The first-order valence-corrected chi connectivity index (χ1v) is 5.83. The fourth-order valence-corrected chi connectivity index (χ4v) is 1.82. The average molecular weight is 245 g/mol. The zero-order valence-corrected chi connectivity index (χ0v) is 10.1. The Morgan fingerprint density at radius 2 is 2.24 bits per heavy atom. The Hall–Kier alpha value is -2.08. The maximum Gasteiger partial charge on any atom is 0.173 e. The number of nitrogens with zero attached hydrogens (tertiary/aromatic N) is 4. The van der Waals surface area contributed by atoms with Gasteiger partial charge in [-0.25, -0.2) is 4.98 Å². The Balaban J connectivity index is 2.18. The lowest BCUT2D eigenvalue weighted by molar-refractivity contribution is 1.14. The van der Waals surface area contributed by atoms with Crippen molar-refractivity contribution in [2.75, 3.05) is 0 Å². The Kier molecular flexibility index (Phi) is 3.56. The van der Waals surface area contributed by atoms with Crippen LogP contribution in [0, 0.1) is 0 Å². The van der Waals surface area contributed by atoms with Crippen LogP contribution in [0.2, 0.25) is 0 Å². The number of hydrogen-bond acceptors (Lipinski definition) is 5. The van der Waals surface area contributed by atoms with Crippen molar-refractivity contribution >= 4 is 22.9 Å². The first-order valence-electron chi connectivity index (χ1n) is 4.95. The molecule has 6 heteroatoms. The van der Waals surface area contributed by atoms with E-state index < -0.39 is 0 Å². The van der Waals surface area contributed by atoms with Gasteiger partial charge < -0.3 is 5.73 Å². The molecule has 0 bridgehead atoms. The highest BCUT2D eigenvalue weighted by atomic mass is 32.1. The van der Waals surface area contributed by atoms with E-state index in [2.05, 4.69) is 20.2 Å². The van der Waals surface area contributed by atoms with Crippen molar-refractivity contribution in [2.45, 2.75) is 6.92 Å². The van der Waals surface area contributed by atoms with Crippen LogP contribution >= 0.6 is 11.3 Å². The highest BCUT2D eigenvalue weighted by Crippen LogP contribution is 2.09. The number of rotatable bonds is 3. The summed E-state index contributed by atoms with van der Waals surface area (Å²) >= 11 is 1.61. The van der Waals surface area contributed by atoms with Gasteiger partial charge in [-0.3, -0.25) is 4.98 Å². The first kappa shape index (κ1) is 11.4. The third-order valence-electron chi connectivity index (χ3n) is 2.01. The van der Waals surface area contributed by atoms with Gasteiger partial charge in [-0.2, -0.15) is 5.10 Å². The minimum atomic E-state index is 0.258. The normalized spacial score (nSPS) is 12.8. The topological polar surface area (TPSA) is 76.5 Å². The molecule has 2 aromatic heterocycles. The summed E-state index contributed by atoms with van der Waals surface area (Å²) in [6, 6.07) is 3.95. The molecule has 5 nitrogen and oxygen atoms in total. The van der Waals surface area contributed by atoms with Crippen LogP contribution in [-0.4, -0.2) is 21.5 Å². The second-order valence-corrected chi connectivity index (χ2v) is 4.19. The number of thiophene rings is 1. The van der Waals surface area contributed by atoms with Gasteiger partial charge in [-0.15, -0.1) is 16.4 Å². The summed E-state index contributed by atoms with van der Waals surface area (Å²) in [5.41, 5.74) is 7.09. The summed E-state index contributed by atoms with van der Waals surface area (Å²) < 4.78 is 0. The fourth-order valence-electron chi connectivity index (χ4n) is 1.15. The molecule has 2 rings (SSSR count). The number of amidine groups is 1. The van der Waals surface area contributed by atoms with Gasteiger partial charge in [0, 0.05) is 12.4 Å². The lowest BCUT2D eigenvalue weighted by Crippen LogP contribution is -2.14. The molecule has 2 aromatic rings. The van der Waals surface area contributed by atoms with Crippen molar-refractivity contribution in [1.82, 2.24) is 9.97 Å². The molecular formula is C11H11N5S. The molecule has 0 radical (unpaired) electrons. The molecule has 0 saturated heterocycles. The van der Waals surface area contributed by atoms with Crippen molar-refractivity contribution in [3.63, 3.8) is 0 Å². The van der Waals surface area contributed by atoms with Gasteiger partial charge in [0.15, 0.2) is 5.84 Å². The monoisotopic (exact) mass is 245 g/mol. The highest BCUT2D eigenvalue weighted by Gasteiger charge is 2.00. The molecule has 0 atom stereocenters. The Morgan fingerprint density at radius 1 is 1.35 bits per heavy atom. The van der Waals surface area contributed by atoms with Crippen LogP contribution in [0.5, 0.6) is 0 Å². The third-order valence-corrected chi connectivity index (χ3v) is 2.99. The third kappa shape index (κ3) is 2.94. The van der Waals surface area contributed by atoms with Gasteiger partial charge in [-0.05, 0) is 18.4 Å². The largest absolute Gasteiger partial charge is 0.380 e. The van der Waals surface area contributed by atoms with Crippen LogP contribution in [0.1, 0.15) is 17.5 Å². The number of nitrogens with two attached hydrogens (primary N) is 1. The summed E-state index contributed by atoms with van der Waals surface area (Å²) in [6.07, 6.45) is 4.69. The molecule has 0 aliphatic carbocycles. The maximum atomic E-state index is 5.74. The van der Waals surface area contributed by atoms with E-state index in [0.717, 1.165) is 10.6 Å². The van der Waals surface area contributed by atoms with E-state index in [1.807, 2.05) is 24.4 Å². The standard InChI is InChI=1S/C11H11N5S/c1-8(10-3-2-6-17-10)15-16-11(12)9-7-13-4-5-14-9/h2-7H,1H3,(H2,12,16)/b15-8+. The summed E-state index contributed by atoms with van der Waals surface area (Å²) in [5.74, 6) is 0.258. The summed E-state index contributed by atoms with van der Waals surface area (Å²) in [4.78, 5) is 9.02. The average Bonchev–Trinajstić information content (AvgIpc) is 2.90. The number of aromatic nitrogens is 2. The number of hydrogen-bond donors (Lipinski definition) is 1. The van der Waals surface area contributed by atoms with Crippen molar-refractivity contribution in [2.24, 2.45) is 15.9 Å². The summed E-state index contributed by atoms with van der Waals surface area (Å²) in [6.45, 7) is 1.89. The molecule has 0 amide bonds. The second kappa shape index (κ2) is 5.31. The van der Waals surface area contributed by atoms with E-state index in [4.69, 9.17) is 5.73 Å². The second-order valence-electron chi connectivity index (χ2n) is 3.24. The maximum absolute atomic E-state index is 5.74. The van der Waals surface area contributed by atoms with Gasteiger partial charge >= 0.3 is 0 Å². The minimum absolute atomic E-state index is 0.258. The fraction of sp³-hybridized carbons (Fsp3) is 0.0909. The summed E-state index contributed by atoms with van der Waals surface area (Å²) in [7, 11) is 0. The molecule has 0 unspecified atom stereocenters. The van der Waals surface area contributed by atoms with Crippen molar-refractivity contribution in [3.05, 3.63) is 46.7 Å². The minimum Gasteiger partial charge on any atom is -0.380 e. The first-order chi connectivity index (χ1) is 8.27. The molecule has 2 N–H and O–H groups in total. The van der Waals surface area contributed by atoms with E-state index in [0.29, 0.717) is 5.69 Å². The molecule has 86 valence electrons. The van der Waals surface area contributed by atoms with E-state index in [1.54, 1.807) is 29.9 Å². The Morgan fingerprint density at radius 3 is 2.88 bits per heavy atom. The molecule has 0 aromatic carbocycles. The van der Waals surface area contributed by atoms with E-state index in [-0.39, 0.29) is 5.84 Å². The van der Waals surface area contributed by atoms with Gasteiger partial charge in [0.25, 0.3) is 0 Å². The highest BCUT2D eigenvalue weighted by molar-refractivity contribution is 7.12. The van der Waals surface area contributed by atoms with E-state index >= 15 is 0 Å². The molecular weight excluding hydrogens is 234 g/mol. The summed E-state index contributed by atoms with van der Waals surface area (Å²) in [5, 5.41) is 9.99. The zero-order chi connectivity index (χ0) is 12.1. The van der Waals surface area contributed by atoms with Crippen molar-refractivity contribution < 1.29 is 0 Å². The Labute approximate surface area is 103 Å². The van der Waals surface area contributed by atoms with E-state index in [9.17, 15) is 0 Å². The molecule has 0 spiro atoms. The predicted octanol–water partition coefficient (Wildman–Crippen LogP) is 1.67. The van der Waals surface area contributed by atoms with Crippen LogP contribution < -0.4 is 5.73 Å². The predicted molar refractivity (Wildman–Crippen MR) is 69.3 cm³/mol. The van der Waals surface area contributed by atoms with Crippen LogP contribution in [0.15, 0.2) is 46.3 Å². The molecule has 17 heavy (non-hydrogen) atoms. The van der Waals surface area contributed by atoms with Crippen molar-refractivity contribution in [1.29, 1.82) is 0 Å². The van der Waals surface area contributed by atoms with Crippen LogP contribution in [-0.2, 0) is 0 Å². The van der Waals surface area contributed by atoms with Crippen molar-refractivity contribution in [3.8, 4) is 0 Å². The van der Waals surface area contributed by atoms with Crippen LogP contribution in [0.4, 0.5) is 0 Å². The lowest BCUT2D eigenvalue weighted by atomic mass is 10.3. The van der Waals surface area contributed by atoms with Crippen LogP contribution in [0.3, 0.4) is 0 Å². The molecule has 0 fully saturated rings. The smallest absolute Gasteiger partial charge is 0.173 e. The van der Waals surface area contributed by atoms with E-state index in [1.165, 1.54) is 0 Å². The lowest BCUT2D eigenvalue weighted by Gasteiger charge is -1.96. The Bertz CT molecular complexity index is 530. The molecule has 2 heterocycles. The zero-order valence-electron chi connectivity index (χ0n) is 9.24. The molecule has 0 aliphatic rings. The molecule has 0 saturated carbocycles. The van der Waals surface area contributed by atoms with Gasteiger partial charge in [0.2, 0.25) is 0 Å². The van der Waals surface area contributed by atoms with Gasteiger partial charge in [-0.1, -0.05) is 6.07 Å². The van der Waals surface area contributed by atoms with Gasteiger partial charge in [0.1, 0.15) is 5.69 Å². The molecule has 0 aliphatic heterocycles. The van der Waals surface area contributed by atoms with Gasteiger partial charge in [0.05, 0.1) is 16.8 Å². The van der Waals surface area contributed by atoms with Crippen LogP contribution in [0.25, 0.3) is 0 Å². The quantitative estimate of drug-likeness (QED) is 0.507.